The molecule has 0 aromatic heterocycles. The number of nitrogens with zero attached hydrogens (tertiary/aromatic N) is 1. The average molecular weight is 358 g/mol. The number of fused-ring (bicyclic) bond motifs is 1. The molecule has 0 spiro atoms. The predicted molar refractivity (Wildman–Crippen MR) is 99.7 cm³/mol. The maximum atomic E-state index is 13.5. The number of aryl methyl sites for hydroxylation is 1. The van der Waals surface area contributed by atoms with Crippen LogP contribution < -0.4 is 19.7 Å². The average Bonchev–Trinajstić information content (AvgIpc) is 2.64. The lowest BCUT2D eigenvalue weighted by molar-refractivity contribution is -0.115. The molecule has 2 aromatic rings. The molecular formula is C20H23FN2O3. The van der Waals surface area contributed by atoms with Gasteiger partial charge in [-0.1, -0.05) is 0 Å². The topological polar surface area (TPSA) is 50.8 Å². The van der Waals surface area contributed by atoms with E-state index in [-0.39, 0.29) is 24.3 Å². The molecule has 0 radical (unpaired) electrons. The summed E-state index contributed by atoms with van der Waals surface area (Å²) in [5.41, 5.74) is 2.41. The van der Waals surface area contributed by atoms with Crippen LogP contribution in [0.25, 0.3) is 0 Å². The van der Waals surface area contributed by atoms with E-state index in [0.717, 1.165) is 24.1 Å². The molecule has 0 saturated carbocycles. The zero-order chi connectivity index (χ0) is 18.7. The zero-order valence-electron chi connectivity index (χ0n) is 15.2. The molecule has 1 unspecified atom stereocenters. The number of rotatable bonds is 5. The van der Waals surface area contributed by atoms with Crippen LogP contribution in [0.15, 0.2) is 36.4 Å². The predicted octanol–water partition coefficient (Wildman–Crippen LogP) is 3.62. The van der Waals surface area contributed by atoms with Gasteiger partial charge in [0.25, 0.3) is 0 Å². The molecule has 5 nitrogen and oxygen atoms in total. The number of hydrogen-bond acceptors (Lipinski definition) is 4. The number of hydrogen-bond donors (Lipinski definition) is 1. The van der Waals surface area contributed by atoms with Crippen molar-refractivity contribution in [3.8, 4) is 11.5 Å². The van der Waals surface area contributed by atoms with Crippen LogP contribution in [0.3, 0.4) is 0 Å². The van der Waals surface area contributed by atoms with Gasteiger partial charge in [-0.2, -0.15) is 0 Å². The van der Waals surface area contributed by atoms with Crippen molar-refractivity contribution in [2.24, 2.45) is 0 Å². The molecule has 3 rings (SSSR count). The van der Waals surface area contributed by atoms with E-state index in [1.54, 1.807) is 44.6 Å². The molecule has 1 aliphatic heterocycles. The highest BCUT2D eigenvalue weighted by atomic mass is 19.1. The molecule has 0 saturated heterocycles. The van der Waals surface area contributed by atoms with Crippen LogP contribution in [0.1, 0.15) is 18.9 Å². The third-order valence-electron chi connectivity index (χ3n) is 4.71. The minimum absolute atomic E-state index is 0.166. The van der Waals surface area contributed by atoms with Crippen molar-refractivity contribution in [2.75, 3.05) is 31.0 Å². The minimum Gasteiger partial charge on any atom is -0.497 e. The van der Waals surface area contributed by atoms with Crippen molar-refractivity contribution in [3.05, 3.63) is 47.8 Å². The fourth-order valence-electron chi connectivity index (χ4n) is 3.29. The number of methoxy groups -OCH3 is 2. The zero-order valence-corrected chi connectivity index (χ0v) is 15.2. The summed E-state index contributed by atoms with van der Waals surface area (Å²) >= 11 is 0. The third kappa shape index (κ3) is 3.74. The second kappa shape index (κ2) is 7.64. The lowest BCUT2D eigenvalue weighted by atomic mass is 9.96. The largest absolute Gasteiger partial charge is 0.497 e. The van der Waals surface area contributed by atoms with Gasteiger partial charge in [-0.25, -0.2) is 4.39 Å². The van der Waals surface area contributed by atoms with Gasteiger partial charge < -0.3 is 19.7 Å². The van der Waals surface area contributed by atoms with Crippen LogP contribution in [0.4, 0.5) is 15.8 Å². The van der Waals surface area contributed by atoms with Gasteiger partial charge in [-0.15, -0.1) is 0 Å². The highest BCUT2D eigenvalue weighted by Crippen LogP contribution is 2.32. The Bertz CT molecular complexity index is 810. The highest BCUT2D eigenvalue weighted by molar-refractivity contribution is 5.95. The summed E-state index contributed by atoms with van der Waals surface area (Å²) in [5, 5.41) is 2.89. The van der Waals surface area contributed by atoms with E-state index >= 15 is 0 Å². The van der Waals surface area contributed by atoms with Gasteiger partial charge in [-0.3, -0.25) is 4.79 Å². The van der Waals surface area contributed by atoms with Gasteiger partial charge in [0.05, 0.1) is 26.5 Å². The maximum absolute atomic E-state index is 13.5. The summed E-state index contributed by atoms with van der Waals surface area (Å²) in [6.07, 6.45) is 1.70. The van der Waals surface area contributed by atoms with Crippen molar-refractivity contribution < 1.29 is 18.7 Å². The number of carbonyl (C=O) groups is 1. The van der Waals surface area contributed by atoms with E-state index in [4.69, 9.17) is 9.47 Å². The molecule has 1 aliphatic rings. The van der Waals surface area contributed by atoms with Gasteiger partial charge in [0.1, 0.15) is 17.3 Å². The maximum Gasteiger partial charge on any atom is 0.244 e. The third-order valence-corrected chi connectivity index (χ3v) is 4.71. The van der Waals surface area contributed by atoms with Crippen molar-refractivity contribution in [1.82, 2.24) is 0 Å². The molecule has 1 amide bonds. The summed E-state index contributed by atoms with van der Waals surface area (Å²) < 4.78 is 24.0. The monoisotopic (exact) mass is 358 g/mol. The number of carbonyl (C=O) groups excluding carboxylic acids is 1. The van der Waals surface area contributed by atoms with Crippen LogP contribution in [-0.2, 0) is 11.2 Å². The minimum atomic E-state index is -0.246. The second-order valence-corrected chi connectivity index (χ2v) is 6.40. The highest BCUT2D eigenvalue weighted by Gasteiger charge is 2.25. The molecule has 1 atom stereocenters. The number of amides is 1. The smallest absolute Gasteiger partial charge is 0.244 e. The van der Waals surface area contributed by atoms with Gasteiger partial charge >= 0.3 is 0 Å². The van der Waals surface area contributed by atoms with Gasteiger partial charge in [-0.05, 0) is 55.7 Å². The standard InChI is InChI=1S/C20H23FN2O3/c1-13-4-5-14-10-15(21)6-8-18(14)23(13)12-20(24)22-17-11-16(25-2)7-9-19(17)26-3/h6-11,13H,4-5,12H2,1-3H3,(H,22,24). The van der Waals surface area contributed by atoms with Crippen LogP contribution in [0.2, 0.25) is 0 Å². The molecule has 138 valence electrons. The van der Waals surface area contributed by atoms with Crippen LogP contribution >= 0.6 is 0 Å². The quantitative estimate of drug-likeness (QED) is 0.887. The summed E-state index contributed by atoms with van der Waals surface area (Å²) in [6.45, 7) is 2.26. The molecule has 1 heterocycles. The first-order chi connectivity index (χ1) is 12.5. The lowest BCUT2D eigenvalue weighted by Crippen LogP contribution is -2.42. The van der Waals surface area contributed by atoms with E-state index in [1.807, 2.05) is 4.90 Å². The fourth-order valence-corrected chi connectivity index (χ4v) is 3.29. The van der Waals surface area contributed by atoms with E-state index in [9.17, 15) is 9.18 Å². The van der Waals surface area contributed by atoms with Crippen molar-refractivity contribution in [3.63, 3.8) is 0 Å². The van der Waals surface area contributed by atoms with Crippen molar-refractivity contribution in [2.45, 2.75) is 25.8 Å². The molecule has 1 N–H and O–H groups in total. The Morgan fingerprint density at radius 3 is 2.77 bits per heavy atom. The normalized spacial score (nSPS) is 16.0. The molecular weight excluding hydrogens is 335 g/mol. The number of benzene rings is 2. The van der Waals surface area contributed by atoms with Gasteiger partial charge in [0.15, 0.2) is 0 Å². The van der Waals surface area contributed by atoms with Crippen molar-refractivity contribution in [1.29, 1.82) is 0 Å². The Labute approximate surface area is 152 Å². The Morgan fingerprint density at radius 2 is 2.04 bits per heavy atom. The van der Waals surface area contributed by atoms with E-state index in [0.29, 0.717) is 17.2 Å². The number of anilines is 2. The van der Waals surface area contributed by atoms with Crippen LogP contribution in [0, 0.1) is 5.82 Å². The van der Waals surface area contributed by atoms with Crippen LogP contribution in [-0.4, -0.2) is 32.7 Å². The second-order valence-electron chi connectivity index (χ2n) is 6.40. The number of halogens is 1. The summed E-state index contributed by atoms with van der Waals surface area (Å²) in [6, 6.07) is 10.2. The number of ether oxygens (including phenoxy) is 2. The molecule has 26 heavy (non-hydrogen) atoms. The summed E-state index contributed by atoms with van der Waals surface area (Å²) in [4.78, 5) is 14.7. The lowest BCUT2D eigenvalue weighted by Gasteiger charge is -2.36. The fraction of sp³-hybridized carbons (Fsp3) is 0.350. The molecule has 0 bridgehead atoms. The van der Waals surface area contributed by atoms with E-state index in [1.165, 1.54) is 6.07 Å². The van der Waals surface area contributed by atoms with E-state index < -0.39 is 0 Å². The molecule has 6 heteroatoms. The first kappa shape index (κ1) is 18.0. The molecule has 0 aliphatic carbocycles. The van der Waals surface area contributed by atoms with Crippen molar-refractivity contribution >= 4 is 17.3 Å². The number of nitrogens with one attached hydrogen (secondary N) is 1. The van der Waals surface area contributed by atoms with Gasteiger partial charge in [0.2, 0.25) is 5.91 Å². The van der Waals surface area contributed by atoms with Crippen LogP contribution in [0.5, 0.6) is 11.5 Å². The molecule has 2 aromatic carbocycles. The summed E-state index contributed by atoms with van der Waals surface area (Å²) in [5.74, 6) is 0.783. The molecule has 0 fully saturated rings. The summed E-state index contributed by atoms with van der Waals surface area (Å²) in [7, 11) is 3.12. The first-order valence-electron chi connectivity index (χ1n) is 8.58. The Kier molecular flexibility index (Phi) is 5.30. The Morgan fingerprint density at radius 1 is 1.23 bits per heavy atom. The first-order valence-corrected chi connectivity index (χ1v) is 8.58. The van der Waals surface area contributed by atoms with Gasteiger partial charge in [0, 0.05) is 17.8 Å². The Balaban J connectivity index is 1.78. The Hall–Kier alpha value is -2.76. The van der Waals surface area contributed by atoms with E-state index in [2.05, 4.69) is 12.2 Å². The SMILES string of the molecule is COc1ccc(OC)c(NC(=O)CN2c3ccc(F)cc3CCC2C)c1.